The SMILES string of the molecule is CC(C)n1cnc(-c2ccc(C3=CCN(C(=O)OC(C)(C)C)CC3)cc2)n1. The monoisotopic (exact) mass is 368 g/mol. The Morgan fingerprint density at radius 3 is 2.33 bits per heavy atom. The summed E-state index contributed by atoms with van der Waals surface area (Å²) >= 11 is 0. The van der Waals surface area contributed by atoms with Gasteiger partial charge in [0.15, 0.2) is 5.82 Å². The standard InChI is InChI=1S/C21H28N4O2/c1-15(2)25-14-22-19(23-25)18-8-6-16(7-9-18)17-10-12-24(13-11-17)20(26)27-21(3,4)5/h6-10,14-15H,11-13H2,1-5H3. The highest BCUT2D eigenvalue weighted by atomic mass is 16.6. The topological polar surface area (TPSA) is 60.2 Å². The molecule has 0 unspecified atom stereocenters. The van der Waals surface area contributed by atoms with Crippen molar-refractivity contribution in [2.24, 2.45) is 0 Å². The Morgan fingerprint density at radius 2 is 1.81 bits per heavy atom. The summed E-state index contributed by atoms with van der Waals surface area (Å²) in [7, 11) is 0. The number of hydrogen-bond acceptors (Lipinski definition) is 4. The molecule has 0 aliphatic carbocycles. The Morgan fingerprint density at radius 1 is 1.15 bits per heavy atom. The zero-order valence-corrected chi connectivity index (χ0v) is 16.8. The lowest BCUT2D eigenvalue weighted by molar-refractivity contribution is 0.0270. The normalized spacial score (nSPS) is 15.0. The molecule has 0 fully saturated rings. The lowest BCUT2D eigenvalue weighted by Gasteiger charge is -2.29. The number of carbonyl (C=O) groups excluding carboxylic acids is 1. The molecule has 1 aromatic heterocycles. The van der Waals surface area contributed by atoms with Crippen LogP contribution in [-0.4, -0.2) is 44.4 Å². The van der Waals surface area contributed by atoms with Crippen molar-refractivity contribution in [1.29, 1.82) is 0 Å². The Kier molecular flexibility index (Phi) is 5.35. The Bertz CT molecular complexity index is 829. The molecule has 27 heavy (non-hydrogen) atoms. The first-order chi connectivity index (χ1) is 12.7. The van der Waals surface area contributed by atoms with Gasteiger partial charge >= 0.3 is 6.09 Å². The van der Waals surface area contributed by atoms with Crippen LogP contribution in [0.1, 0.15) is 52.6 Å². The van der Waals surface area contributed by atoms with Crippen molar-refractivity contribution in [2.75, 3.05) is 13.1 Å². The summed E-state index contributed by atoms with van der Waals surface area (Å²) < 4.78 is 7.30. The predicted octanol–water partition coefficient (Wildman–Crippen LogP) is 4.55. The number of ether oxygens (including phenoxy) is 1. The minimum absolute atomic E-state index is 0.250. The summed E-state index contributed by atoms with van der Waals surface area (Å²) in [5, 5.41) is 4.51. The van der Waals surface area contributed by atoms with E-state index in [1.54, 1.807) is 11.2 Å². The molecule has 0 atom stereocenters. The number of aromatic nitrogens is 3. The van der Waals surface area contributed by atoms with E-state index in [9.17, 15) is 4.79 Å². The van der Waals surface area contributed by atoms with Crippen molar-refractivity contribution in [3.05, 3.63) is 42.2 Å². The summed E-state index contributed by atoms with van der Waals surface area (Å²) in [6, 6.07) is 8.60. The Hall–Kier alpha value is -2.63. The second-order valence-electron chi connectivity index (χ2n) is 8.13. The summed E-state index contributed by atoms with van der Waals surface area (Å²) in [5.41, 5.74) is 2.96. The summed E-state index contributed by atoms with van der Waals surface area (Å²) in [6.45, 7) is 11.1. The molecule has 144 valence electrons. The van der Waals surface area contributed by atoms with Crippen LogP contribution >= 0.6 is 0 Å². The Balaban J connectivity index is 1.66. The molecule has 0 saturated heterocycles. The lowest BCUT2D eigenvalue weighted by Crippen LogP contribution is -2.39. The van der Waals surface area contributed by atoms with E-state index in [1.807, 2.05) is 25.5 Å². The molecule has 0 bridgehead atoms. The number of rotatable bonds is 3. The summed E-state index contributed by atoms with van der Waals surface area (Å²) in [5.74, 6) is 0.740. The smallest absolute Gasteiger partial charge is 0.410 e. The van der Waals surface area contributed by atoms with Gasteiger partial charge in [0.1, 0.15) is 11.9 Å². The number of amides is 1. The van der Waals surface area contributed by atoms with Gasteiger partial charge in [0.25, 0.3) is 0 Å². The largest absolute Gasteiger partial charge is 0.444 e. The number of benzene rings is 1. The summed E-state index contributed by atoms with van der Waals surface area (Å²) in [4.78, 5) is 18.3. The first kappa shape index (κ1) is 19.1. The van der Waals surface area contributed by atoms with Gasteiger partial charge in [0, 0.05) is 24.7 Å². The minimum atomic E-state index is -0.465. The summed E-state index contributed by atoms with van der Waals surface area (Å²) in [6.07, 6.45) is 4.44. The van der Waals surface area contributed by atoms with Crippen LogP contribution in [-0.2, 0) is 4.74 Å². The van der Waals surface area contributed by atoms with Gasteiger partial charge in [-0.2, -0.15) is 5.10 Å². The van der Waals surface area contributed by atoms with Gasteiger partial charge in [-0.25, -0.2) is 14.5 Å². The first-order valence-electron chi connectivity index (χ1n) is 9.42. The van der Waals surface area contributed by atoms with Crippen LogP contribution in [0.5, 0.6) is 0 Å². The molecule has 2 aromatic rings. The molecule has 1 aliphatic rings. The quantitative estimate of drug-likeness (QED) is 0.797. The van der Waals surface area contributed by atoms with Crippen molar-refractivity contribution in [2.45, 2.75) is 52.7 Å². The molecule has 6 nitrogen and oxygen atoms in total. The van der Waals surface area contributed by atoms with E-state index in [0.717, 1.165) is 17.8 Å². The first-order valence-corrected chi connectivity index (χ1v) is 9.42. The predicted molar refractivity (Wildman–Crippen MR) is 106 cm³/mol. The lowest BCUT2D eigenvalue weighted by atomic mass is 9.98. The van der Waals surface area contributed by atoms with Gasteiger partial charge in [0.2, 0.25) is 0 Å². The molecule has 0 radical (unpaired) electrons. The maximum Gasteiger partial charge on any atom is 0.410 e. The van der Waals surface area contributed by atoms with Gasteiger partial charge in [0.05, 0.1) is 0 Å². The molecular formula is C21H28N4O2. The third-order valence-corrected chi connectivity index (χ3v) is 4.41. The van der Waals surface area contributed by atoms with E-state index >= 15 is 0 Å². The highest BCUT2D eigenvalue weighted by molar-refractivity contribution is 5.73. The van der Waals surface area contributed by atoms with Crippen LogP contribution in [0.3, 0.4) is 0 Å². The fourth-order valence-corrected chi connectivity index (χ4v) is 2.91. The van der Waals surface area contributed by atoms with Crippen LogP contribution in [0.15, 0.2) is 36.7 Å². The highest BCUT2D eigenvalue weighted by Crippen LogP contribution is 2.25. The van der Waals surface area contributed by atoms with E-state index in [1.165, 1.54) is 11.1 Å². The van der Waals surface area contributed by atoms with Crippen LogP contribution in [0, 0.1) is 0 Å². The van der Waals surface area contributed by atoms with Crippen LogP contribution in [0.4, 0.5) is 4.79 Å². The highest BCUT2D eigenvalue weighted by Gasteiger charge is 2.23. The molecular weight excluding hydrogens is 340 g/mol. The number of carbonyl (C=O) groups is 1. The van der Waals surface area contributed by atoms with E-state index in [-0.39, 0.29) is 6.09 Å². The molecule has 1 amide bonds. The van der Waals surface area contributed by atoms with Gasteiger partial charge < -0.3 is 9.64 Å². The van der Waals surface area contributed by atoms with Crippen molar-refractivity contribution in [3.8, 4) is 11.4 Å². The average molecular weight is 368 g/mol. The minimum Gasteiger partial charge on any atom is -0.444 e. The third kappa shape index (κ3) is 4.76. The molecule has 0 spiro atoms. The van der Waals surface area contributed by atoms with Gasteiger partial charge in [-0.1, -0.05) is 30.3 Å². The van der Waals surface area contributed by atoms with E-state index in [4.69, 9.17) is 4.74 Å². The van der Waals surface area contributed by atoms with Crippen molar-refractivity contribution in [1.82, 2.24) is 19.7 Å². The van der Waals surface area contributed by atoms with Gasteiger partial charge in [-0.15, -0.1) is 0 Å². The van der Waals surface area contributed by atoms with Crippen LogP contribution in [0.25, 0.3) is 17.0 Å². The van der Waals surface area contributed by atoms with Crippen molar-refractivity contribution >= 4 is 11.7 Å². The second-order valence-corrected chi connectivity index (χ2v) is 8.13. The Labute approximate surface area is 160 Å². The number of nitrogens with zero attached hydrogens (tertiary/aromatic N) is 4. The fraction of sp³-hybridized carbons (Fsp3) is 0.476. The molecule has 0 saturated carbocycles. The molecule has 1 aliphatic heterocycles. The maximum atomic E-state index is 12.2. The average Bonchev–Trinajstić information content (AvgIpc) is 3.11. The fourth-order valence-electron chi connectivity index (χ4n) is 2.91. The molecule has 0 N–H and O–H groups in total. The number of hydrogen-bond donors (Lipinski definition) is 0. The maximum absolute atomic E-state index is 12.2. The zero-order chi connectivity index (χ0) is 19.6. The third-order valence-electron chi connectivity index (χ3n) is 4.41. The van der Waals surface area contributed by atoms with Crippen LogP contribution in [0.2, 0.25) is 0 Å². The van der Waals surface area contributed by atoms with Gasteiger partial charge in [-0.3, -0.25) is 0 Å². The van der Waals surface area contributed by atoms with Gasteiger partial charge in [-0.05, 0) is 52.2 Å². The molecule has 1 aromatic carbocycles. The van der Waals surface area contributed by atoms with E-state index in [2.05, 4.69) is 54.3 Å². The van der Waals surface area contributed by atoms with Crippen molar-refractivity contribution in [3.63, 3.8) is 0 Å². The van der Waals surface area contributed by atoms with E-state index < -0.39 is 5.60 Å². The molecule has 2 heterocycles. The van der Waals surface area contributed by atoms with Crippen molar-refractivity contribution < 1.29 is 9.53 Å². The molecule has 6 heteroatoms. The zero-order valence-electron chi connectivity index (χ0n) is 16.8. The van der Waals surface area contributed by atoms with Crippen LogP contribution < -0.4 is 0 Å². The molecule has 3 rings (SSSR count). The van der Waals surface area contributed by atoms with E-state index in [0.29, 0.717) is 19.1 Å². The second kappa shape index (κ2) is 7.55.